The normalized spacial score (nSPS) is 39.7. The fourth-order valence-corrected chi connectivity index (χ4v) is 6.79. The minimum Gasteiger partial charge on any atom is -0.443 e. The van der Waals surface area contributed by atoms with Crippen LogP contribution in [-0.4, -0.2) is 91.8 Å². The molecule has 0 aromatic heterocycles. The number of epoxide rings is 2. The summed E-state index contributed by atoms with van der Waals surface area (Å²) in [6.45, 7) is 12.5. The molecule has 1 spiro atoms. The van der Waals surface area contributed by atoms with E-state index in [1.807, 2.05) is 4.90 Å². The molecule has 0 N–H and O–H groups in total. The SMILES string of the molecule is COC1C(OC(=O)N2CC(CCCN3CCCC3)C2)CCC2(CO2)C1[C@@]1(C)O[C@@H]1CC=C(C)C. The maximum Gasteiger partial charge on any atom is 0.410 e. The third kappa shape index (κ3) is 4.91. The number of allylic oxidation sites excluding steroid dienone is 1. The number of likely N-dealkylation sites (tertiary alicyclic amines) is 2. The summed E-state index contributed by atoms with van der Waals surface area (Å²) in [4.78, 5) is 17.4. The van der Waals surface area contributed by atoms with Crippen molar-refractivity contribution in [1.82, 2.24) is 9.80 Å². The summed E-state index contributed by atoms with van der Waals surface area (Å²) >= 11 is 0. The van der Waals surface area contributed by atoms with Gasteiger partial charge in [-0.3, -0.25) is 0 Å². The second-order valence-corrected chi connectivity index (χ2v) is 11.8. The van der Waals surface area contributed by atoms with Crippen molar-refractivity contribution < 1.29 is 23.7 Å². The average Bonchev–Trinajstić information content (AvgIpc) is 3.62. The van der Waals surface area contributed by atoms with E-state index in [-0.39, 0.29) is 41.5 Å². The molecule has 1 amide bonds. The van der Waals surface area contributed by atoms with Gasteiger partial charge in [0.25, 0.3) is 0 Å². The molecule has 0 bridgehead atoms. The van der Waals surface area contributed by atoms with Crippen LogP contribution in [0.3, 0.4) is 0 Å². The molecule has 6 atom stereocenters. The highest BCUT2D eigenvalue weighted by Crippen LogP contribution is 2.59. The molecule has 4 heterocycles. The highest BCUT2D eigenvalue weighted by Gasteiger charge is 2.72. The quantitative estimate of drug-likeness (QED) is 0.370. The zero-order chi connectivity index (χ0) is 23.9. The Balaban J connectivity index is 1.12. The monoisotopic (exact) mass is 476 g/mol. The highest BCUT2D eigenvalue weighted by molar-refractivity contribution is 5.69. The van der Waals surface area contributed by atoms with E-state index < -0.39 is 0 Å². The maximum atomic E-state index is 12.9. The van der Waals surface area contributed by atoms with Gasteiger partial charge in [0, 0.05) is 20.2 Å². The average molecular weight is 477 g/mol. The zero-order valence-electron chi connectivity index (χ0n) is 21.6. The highest BCUT2D eigenvalue weighted by atomic mass is 16.6. The van der Waals surface area contributed by atoms with E-state index in [9.17, 15) is 4.79 Å². The van der Waals surface area contributed by atoms with Gasteiger partial charge in [-0.25, -0.2) is 4.79 Å². The minimum atomic E-state index is -0.300. The second kappa shape index (κ2) is 9.72. The van der Waals surface area contributed by atoms with Gasteiger partial charge in [0.1, 0.15) is 23.4 Å². The molecule has 0 radical (unpaired) electrons. The summed E-state index contributed by atoms with van der Waals surface area (Å²) in [6.07, 6.45) is 9.47. The van der Waals surface area contributed by atoms with Gasteiger partial charge in [-0.15, -0.1) is 0 Å². The number of hydrogen-bond acceptors (Lipinski definition) is 6. The van der Waals surface area contributed by atoms with Crippen molar-refractivity contribution in [2.45, 2.75) is 95.2 Å². The molecule has 34 heavy (non-hydrogen) atoms. The Hall–Kier alpha value is -1.15. The number of hydrogen-bond donors (Lipinski definition) is 0. The van der Waals surface area contributed by atoms with E-state index in [0.29, 0.717) is 5.92 Å². The van der Waals surface area contributed by atoms with Crippen LogP contribution >= 0.6 is 0 Å². The van der Waals surface area contributed by atoms with Gasteiger partial charge in [0.05, 0.1) is 18.6 Å². The van der Waals surface area contributed by atoms with Crippen molar-refractivity contribution in [1.29, 1.82) is 0 Å². The molecule has 7 heteroatoms. The fourth-order valence-electron chi connectivity index (χ4n) is 6.79. The summed E-state index contributed by atoms with van der Waals surface area (Å²) in [5.41, 5.74) is 0.818. The smallest absolute Gasteiger partial charge is 0.410 e. The third-order valence-electron chi connectivity index (χ3n) is 8.99. The van der Waals surface area contributed by atoms with E-state index in [2.05, 4.69) is 31.7 Å². The summed E-state index contributed by atoms with van der Waals surface area (Å²) in [5.74, 6) is 0.687. The fraction of sp³-hybridized carbons (Fsp3) is 0.889. The molecule has 5 rings (SSSR count). The van der Waals surface area contributed by atoms with Crippen molar-refractivity contribution >= 4 is 6.09 Å². The molecule has 0 aromatic rings. The van der Waals surface area contributed by atoms with Crippen LogP contribution in [0.1, 0.15) is 65.7 Å². The van der Waals surface area contributed by atoms with Crippen LogP contribution in [0.4, 0.5) is 4.79 Å². The number of amides is 1. The first-order chi connectivity index (χ1) is 16.3. The second-order valence-electron chi connectivity index (χ2n) is 11.8. The summed E-state index contributed by atoms with van der Waals surface area (Å²) < 4.78 is 24.4. The predicted molar refractivity (Wildman–Crippen MR) is 130 cm³/mol. The number of carbonyl (C=O) groups excluding carboxylic acids is 1. The number of carbonyl (C=O) groups is 1. The summed E-state index contributed by atoms with van der Waals surface area (Å²) in [5, 5.41) is 0. The van der Waals surface area contributed by atoms with Gasteiger partial charge in [-0.05, 0) is 91.3 Å². The molecule has 4 saturated heterocycles. The van der Waals surface area contributed by atoms with Crippen LogP contribution in [0.15, 0.2) is 11.6 Å². The van der Waals surface area contributed by atoms with Gasteiger partial charge >= 0.3 is 6.09 Å². The zero-order valence-corrected chi connectivity index (χ0v) is 21.6. The van der Waals surface area contributed by atoms with Crippen molar-refractivity contribution in [3.8, 4) is 0 Å². The first-order valence-electron chi connectivity index (χ1n) is 13.5. The Morgan fingerprint density at radius 3 is 2.59 bits per heavy atom. The van der Waals surface area contributed by atoms with Crippen molar-refractivity contribution in [3.63, 3.8) is 0 Å². The molecule has 192 valence electrons. The third-order valence-corrected chi connectivity index (χ3v) is 8.99. The van der Waals surface area contributed by atoms with Crippen LogP contribution in [-0.2, 0) is 18.9 Å². The number of rotatable bonds is 9. The van der Waals surface area contributed by atoms with Crippen molar-refractivity contribution in [2.75, 3.05) is 46.4 Å². The largest absolute Gasteiger partial charge is 0.443 e. The van der Waals surface area contributed by atoms with Crippen molar-refractivity contribution in [3.05, 3.63) is 11.6 Å². The molecule has 5 fully saturated rings. The first-order valence-corrected chi connectivity index (χ1v) is 13.5. The Morgan fingerprint density at radius 2 is 1.94 bits per heavy atom. The maximum absolute atomic E-state index is 12.9. The van der Waals surface area contributed by atoms with Gasteiger partial charge in [-0.2, -0.15) is 0 Å². The molecule has 4 unspecified atom stereocenters. The lowest BCUT2D eigenvalue weighted by Crippen LogP contribution is -2.57. The lowest BCUT2D eigenvalue weighted by atomic mass is 9.68. The molecule has 4 aliphatic heterocycles. The predicted octanol–water partition coefficient (Wildman–Crippen LogP) is 4.01. The topological polar surface area (TPSA) is 67.1 Å². The van der Waals surface area contributed by atoms with Gasteiger partial charge in [0.2, 0.25) is 0 Å². The molecular weight excluding hydrogens is 432 g/mol. The van der Waals surface area contributed by atoms with Gasteiger partial charge < -0.3 is 28.7 Å². The number of ether oxygens (including phenoxy) is 4. The van der Waals surface area contributed by atoms with Gasteiger partial charge in [0.15, 0.2) is 0 Å². The lowest BCUT2D eigenvalue weighted by Gasteiger charge is -2.44. The molecular formula is C27H44N2O5. The summed E-state index contributed by atoms with van der Waals surface area (Å²) in [7, 11) is 1.73. The molecule has 5 aliphatic rings. The standard InChI is InChI=1S/C27H44N2O5/c1-19(2)9-10-22-26(3,34-22)24-23(31-4)21(11-12-27(24)18-32-27)33-25(30)29-16-20(17-29)8-7-15-28-13-5-6-14-28/h9,20-24H,5-8,10-18H2,1-4H3/t21?,22-,23?,24?,26+,27?/m1/s1. The summed E-state index contributed by atoms with van der Waals surface area (Å²) in [6, 6.07) is 0. The molecule has 7 nitrogen and oxygen atoms in total. The van der Waals surface area contributed by atoms with Crippen LogP contribution < -0.4 is 0 Å². The van der Waals surface area contributed by atoms with E-state index in [1.54, 1.807) is 7.11 Å². The van der Waals surface area contributed by atoms with E-state index in [0.717, 1.165) is 39.0 Å². The van der Waals surface area contributed by atoms with Gasteiger partial charge in [-0.1, -0.05) is 11.6 Å². The molecule has 1 saturated carbocycles. The Labute approximate surface area is 205 Å². The Morgan fingerprint density at radius 1 is 1.21 bits per heavy atom. The van der Waals surface area contributed by atoms with E-state index >= 15 is 0 Å². The number of methoxy groups -OCH3 is 1. The molecule has 1 aliphatic carbocycles. The van der Waals surface area contributed by atoms with Crippen LogP contribution in [0, 0.1) is 11.8 Å². The number of nitrogens with zero attached hydrogens (tertiary/aromatic N) is 2. The van der Waals surface area contributed by atoms with Crippen LogP contribution in [0.2, 0.25) is 0 Å². The van der Waals surface area contributed by atoms with E-state index in [4.69, 9.17) is 18.9 Å². The minimum absolute atomic E-state index is 0.0711. The molecule has 0 aromatic carbocycles. The van der Waals surface area contributed by atoms with E-state index in [1.165, 1.54) is 50.9 Å². The lowest BCUT2D eigenvalue weighted by molar-refractivity contribution is -0.124. The van der Waals surface area contributed by atoms with Crippen LogP contribution in [0.5, 0.6) is 0 Å². The first kappa shape index (κ1) is 24.5. The van der Waals surface area contributed by atoms with Crippen molar-refractivity contribution in [2.24, 2.45) is 11.8 Å². The Bertz CT molecular complexity index is 767. The van der Waals surface area contributed by atoms with Crippen LogP contribution in [0.25, 0.3) is 0 Å². The Kier molecular flexibility index (Phi) is 7.01.